The molecule has 35 heavy (non-hydrogen) atoms. The van der Waals surface area contributed by atoms with Crippen molar-refractivity contribution in [1.82, 2.24) is 9.80 Å². The molecule has 0 spiro atoms. The highest BCUT2D eigenvalue weighted by Crippen LogP contribution is 2.37. The van der Waals surface area contributed by atoms with Gasteiger partial charge in [-0.1, -0.05) is 109 Å². The van der Waals surface area contributed by atoms with Gasteiger partial charge in [-0.3, -0.25) is 9.69 Å². The Balaban J connectivity index is 1.33. The molecule has 1 saturated heterocycles. The van der Waals surface area contributed by atoms with Crippen LogP contribution in [0, 0.1) is 0 Å². The van der Waals surface area contributed by atoms with E-state index in [1.54, 1.807) is 11.8 Å². The summed E-state index contributed by atoms with van der Waals surface area (Å²) in [5.41, 5.74) is 3.64. The van der Waals surface area contributed by atoms with Crippen molar-refractivity contribution in [1.29, 1.82) is 0 Å². The summed E-state index contributed by atoms with van der Waals surface area (Å²) >= 11 is 1.64. The summed E-state index contributed by atoms with van der Waals surface area (Å²) in [6, 6.07) is 42.0. The third-order valence-electron chi connectivity index (χ3n) is 6.55. The second kappa shape index (κ2) is 11.4. The molecule has 0 aliphatic carbocycles. The van der Waals surface area contributed by atoms with E-state index in [1.807, 2.05) is 36.4 Å². The Morgan fingerprint density at radius 3 is 1.49 bits per heavy atom. The zero-order chi connectivity index (χ0) is 23.9. The fourth-order valence-corrected chi connectivity index (χ4v) is 5.90. The van der Waals surface area contributed by atoms with Gasteiger partial charge in [0.15, 0.2) is 0 Å². The predicted octanol–water partition coefficient (Wildman–Crippen LogP) is 6.45. The van der Waals surface area contributed by atoms with E-state index in [0.717, 1.165) is 36.6 Å². The summed E-state index contributed by atoms with van der Waals surface area (Å²) in [5.74, 6) is 0.195. The molecule has 0 bridgehead atoms. The molecule has 1 aliphatic heterocycles. The van der Waals surface area contributed by atoms with Gasteiger partial charge in [0.1, 0.15) is 5.25 Å². The quantitative estimate of drug-likeness (QED) is 0.285. The van der Waals surface area contributed by atoms with Crippen molar-refractivity contribution in [2.24, 2.45) is 0 Å². The molecule has 0 saturated carbocycles. The van der Waals surface area contributed by atoms with Gasteiger partial charge in [-0.15, -0.1) is 11.8 Å². The fraction of sp³-hybridized carbons (Fsp3) is 0.194. The number of thioether (sulfide) groups is 1. The van der Waals surface area contributed by atoms with Crippen molar-refractivity contribution in [3.8, 4) is 0 Å². The van der Waals surface area contributed by atoms with E-state index in [-0.39, 0.29) is 17.2 Å². The van der Waals surface area contributed by atoms with E-state index < -0.39 is 0 Å². The van der Waals surface area contributed by atoms with Crippen LogP contribution in [0.5, 0.6) is 0 Å². The van der Waals surface area contributed by atoms with E-state index in [2.05, 4.69) is 94.7 Å². The van der Waals surface area contributed by atoms with Gasteiger partial charge in [-0.2, -0.15) is 0 Å². The van der Waals surface area contributed by atoms with Crippen LogP contribution in [0.1, 0.15) is 28.0 Å². The lowest BCUT2D eigenvalue weighted by molar-refractivity contribution is -0.132. The molecule has 176 valence electrons. The van der Waals surface area contributed by atoms with Crippen LogP contribution in [-0.4, -0.2) is 41.9 Å². The summed E-state index contributed by atoms with van der Waals surface area (Å²) in [5, 5.41) is -0.246. The number of piperazine rings is 1. The zero-order valence-electron chi connectivity index (χ0n) is 19.7. The average molecular weight is 479 g/mol. The number of benzene rings is 4. The van der Waals surface area contributed by atoms with E-state index in [1.165, 1.54) is 11.1 Å². The molecule has 1 heterocycles. The minimum Gasteiger partial charge on any atom is -0.339 e. The molecular formula is C31H30N2OS. The van der Waals surface area contributed by atoms with Crippen LogP contribution in [0.4, 0.5) is 0 Å². The van der Waals surface area contributed by atoms with Gasteiger partial charge in [-0.05, 0) is 28.8 Å². The van der Waals surface area contributed by atoms with E-state index in [0.29, 0.717) is 0 Å². The molecule has 1 amide bonds. The normalized spacial score (nSPS) is 15.2. The van der Waals surface area contributed by atoms with Crippen LogP contribution in [0.2, 0.25) is 0 Å². The van der Waals surface area contributed by atoms with E-state index in [9.17, 15) is 4.79 Å². The van der Waals surface area contributed by atoms with Gasteiger partial charge in [0.2, 0.25) is 5.91 Å². The molecular weight excluding hydrogens is 448 g/mol. The molecule has 1 aliphatic rings. The standard InChI is InChI=1S/C31H30N2OS/c34-31(30(27-17-9-3-10-18-27)35-28-19-11-4-12-20-28)33-23-21-32(22-24-33)29(25-13-5-1-6-14-25)26-15-7-2-8-16-26/h1-20,29-30H,21-24H2. The summed E-state index contributed by atoms with van der Waals surface area (Å²) < 4.78 is 0. The van der Waals surface area contributed by atoms with Crippen LogP contribution in [0.25, 0.3) is 0 Å². The highest BCUT2D eigenvalue weighted by molar-refractivity contribution is 8.00. The van der Waals surface area contributed by atoms with Crippen molar-refractivity contribution in [2.45, 2.75) is 16.2 Å². The molecule has 4 heteroatoms. The lowest BCUT2D eigenvalue weighted by Gasteiger charge is -2.40. The molecule has 0 N–H and O–H groups in total. The largest absolute Gasteiger partial charge is 0.339 e. The Morgan fingerprint density at radius 1 is 0.571 bits per heavy atom. The lowest BCUT2D eigenvalue weighted by atomic mass is 9.96. The maximum atomic E-state index is 13.8. The van der Waals surface area contributed by atoms with Gasteiger partial charge >= 0.3 is 0 Å². The van der Waals surface area contributed by atoms with Crippen molar-refractivity contribution >= 4 is 17.7 Å². The summed E-state index contributed by atoms with van der Waals surface area (Å²) in [6.07, 6.45) is 0. The number of rotatable bonds is 7. The molecule has 3 nitrogen and oxygen atoms in total. The Labute approximate surface area is 212 Å². The molecule has 1 atom stereocenters. The number of carbonyl (C=O) groups is 1. The molecule has 1 fully saturated rings. The second-order valence-electron chi connectivity index (χ2n) is 8.81. The van der Waals surface area contributed by atoms with Crippen molar-refractivity contribution < 1.29 is 4.79 Å². The molecule has 0 radical (unpaired) electrons. The van der Waals surface area contributed by atoms with Gasteiger partial charge in [-0.25, -0.2) is 0 Å². The smallest absolute Gasteiger partial charge is 0.240 e. The van der Waals surface area contributed by atoms with Crippen LogP contribution >= 0.6 is 11.8 Å². The Hall–Kier alpha value is -3.34. The summed E-state index contributed by atoms with van der Waals surface area (Å²) in [4.78, 5) is 19.5. The first-order valence-electron chi connectivity index (χ1n) is 12.2. The first-order chi connectivity index (χ1) is 17.3. The highest BCUT2D eigenvalue weighted by atomic mass is 32.2. The number of carbonyl (C=O) groups excluding carboxylic acids is 1. The minimum absolute atomic E-state index is 0.193. The topological polar surface area (TPSA) is 23.6 Å². The Kier molecular flexibility index (Phi) is 7.62. The maximum Gasteiger partial charge on any atom is 0.240 e. The van der Waals surface area contributed by atoms with Crippen molar-refractivity contribution in [3.63, 3.8) is 0 Å². The average Bonchev–Trinajstić information content (AvgIpc) is 2.94. The molecule has 1 unspecified atom stereocenters. The van der Waals surface area contributed by atoms with Crippen LogP contribution in [-0.2, 0) is 4.79 Å². The molecule has 4 aromatic rings. The van der Waals surface area contributed by atoms with E-state index >= 15 is 0 Å². The number of nitrogens with zero attached hydrogens (tertiary/aromatic N) is 2. The third-order valence-corrected chi connectivity index (χ3v) is 7.80. The first-order valence-corrected chi connectivity index (χ1v) is 13.1. The highest BCUT2D eigenvalue weighted by Gasteiger charge is 2.32. The van der Waals surface area contributed by atoms with Crippen molar-refractivity contribution in [2.75, 3.05) is 26.2 Å². The van der Waals surface area contributed by atoms with Gasteiger partial charge < -0.3 is 4.90 Å². The number of hydrogen-bond acceptors (Lipinski definition) is 3. The van der Waals surface area contributed by atoms with Crippen molar-refractivity contribution in [3.05, 3.63) is 138 Å². The summed E-state index contributed by atoms with van der Waals surface area (Å²) in [6.45, 7) is 3.15. The van der Waals surface area contributed by atoms with Gasteiger partial charge in [0.25, 0.3) is 0 Å². The van der Waals surface area contributed by atoms with Crippen LogP contribution < -0.4 is 0 Å². The van der Waals surface area contributed by atoms with E-state index in [4.69, 9.17) is 0 Å². The predicted molar refractivity (Wildman–Crippen MR) is 144 cm³/mol. The second-order valence-corrected chi connectivity index (χ2v) is 9.99. The zero-order valence-corrected chi connectivity index (χ0v) is 20.6. The number of hydrogen-bond donors (Lipinski definition) is 0. The third kappa shape index (κ3) is 5.67. The number of amides is 1. The Bertz CT molecular complexity index is 1150. The molecule has 4 aromatic carbocycles. The fourth-order valence-electron chi connectivity index (χ4n) is 4.78. The SMILES string of the molecule is O=C(C(Sc1ccccc1)c1ccccc1)N1CCN(C(c2ccccc2)c2ccccc2)CC1. The lowest BCUT2D eigenvalue weighted by Crippen LogP contribution is -2.50. The van der Waals surface area contributed by atoms with Gasteiger partial charge in [0, 0.05) is 31.1 Å². The minimum atomic E-state index is -0.246. The summed E-state index contributed by atoms with van der Waals surface area (Å²) in [7, 11) is 0. The van der Waals surface area contributed by atoms with Gasteiger partial charge in [0.05, 0.1) is 6.04 Å². The molecule has 0 aromatic heterocycles. The van der Waals surface area contributed by atoms with Crippen LogP contribution in [0.3, 0.4) is 0 Å². The van der Waals surface area contributed by atoms with Crippen LogP contribution in [0.15, 0.2) is 126 Å². The molecule has 5 rings (SSSR count). The maximum absolute atomic E-state index is 13.8. The monoisotopic (exact) mass is 478 g/mol. The first kappa shape index (κ1) is 23.4. The Morgan fingerprint density at radius 2 is 1.00 bits per heavy atom.